The number of carbonyl (C=O) groups is 2. The molecule has 3 aliphatic rings. The molecule has 0 aromatic carbocycles. The summed E-state index contributed by atoms with van der Waals surface area (Å²) in [5, 5.41) is 24.0. The lowest BCUT2D eigenvalue weighted by Crippen LogP contribution is -2.31. The highest BCUT2D eigenvalue weighted by Crippen LogP contribution is 2.41. The quantitative estimate of drug-likeness (QED) is 0.148. The number of aromatic amines is 2. The number of hydrogen-bond donors (Lipinski definition) is 3. The number of aryl methyl sites for hydroxylation is 4. The molecule has 1 fully saturated rings. The van der Waals surface area contributed by atoms with E-state index in [1.165, 1.54) is 0 Å². The molecule has 0 saturated carbocycles. The van der Waals surface area contributed by atoms with Gasteiger partial charge in [-0.2, -0.15) is 19.6 Å². The van der Waals surface area contributed by atoms with Gasteiger partial charge in [0.1, 0.15) is 23.9 Å². The van der Waals surface area contributed by atoms with Gasteiger partial charge in [-0.1, -0.05) is 23.3 Å². The minimum Gasteiger partial charge on any atom is -0.381 e. The molecule has 70 heavy (non-hydrogen) atoms. The van der Waals surface area contributed by atoms with Crippen LogP contribution in [0.5, 0.6) is 0 Å². The third-order valence-electron chi connectivity index (χ3n) is 13.7. The topological polar surface area (TPSA) is 199 Å². The van der Waals surface area contributed by atoms with Gasteiger partial charge in [0.25, 0.3) is 23.5 Å². The van der Waals surface area contributed by atoms with Crippen molar-refractivity contribution < 1.29 is 14.3 Å². The second kappa shape index (κ2) is 19.2. The Kier molecular flexibility index (Phi) is 12.6. The molecule has 0 atom stereocenters. The molecule has 0 unspecified atom stereocenters. The van der Waals surface area contributed by atoms with Crippen molar-refractivity contribution in [3.8, 4) is 44.5 Å². The fourth-order valence-corrected chi connectivity index (χ4v) is 9.90. The average molecular weight is 942 g/mol. The van der Waals surface area contributed by atoms with Gasteiger partial charge in [-0.05, 0) is 75.9 Å². The van der Waals surface area contributed by atoms with Crippen molar-refractivity contribution in [3.63, 3.8) is 0 Å². The number of fused-ring (bicyclic) bond motifs is 12. The summed E-state index contributed by atoms with van der Waals surface area (Å²) in [5.41, 5.74) is 10.6. The van der Waals surface area contributed by atoms with Gasteiger partial charge in [0.15, 0.2) is 11.4 Å². The number of amides is 2. The minimum absolute atomic E-state index is 0.0829. The van der Waals surface area contributed by atoms with Gasteiger partial charge in [-0.25, -0.2) is 9.97 Å². The molecular formula is C50H55N17O3. The standard InChI is InChI=1S/C26H29N9O.C24H26N8O2/c1-16-21-15-34(31-16)11-5-4-10-33(3)26(36)23-22(17-12-19-20(21)14-30-24(19)29-13-17)25(27-2)35(32-23)18-6-8-28-9-7-18;1-15-19-14-31(28-15)8-6-5-7-30(3)24(33)21-20(23(25-2)32(29-21)9-10-34-4)16-11-17-18(19)13-27-22(17)26-12-16/h12-15,18,28H,4-11H2,1,3H3,(H,29,30);11-14H,5-10H2,1,3-4H3,(H,26,27). The summed E-state index contributed by atoms with van der Waals surface area (Å²) in [6, 6.07) is 4.09. The molecule has 20 nitrogen and oxygen atoms in total. The van der Waals surface area contributed by atoms with Gasteiger partial charge >= 0.3 is 0 Å². The van der Waals surface area contributed by atoms with Gasteiger partial charge in [0.05, 0.1) is 18.0 Å². The fourth-order valence-electron chi connectivity index (χ4n) is 9.90. The Labute approximate surface area is 404 Å². The molecule has 1 saturated heterocycles. The zero-order chi connectivity index (χ0) is 48.6. The predicted octanol–water partition coefficient (Wildman–Crippen LogP) is 7.60. The Balaban J connectivity index is 0.000000162. The zero-order valence-corrected chi connectivity index (χ0v) is 40.1. The van der Waals surface area contributed by atoms with Crippen LogP contribution in [0.2, 0.25) is 0 Å². The summed E-state index contributed by atoms with van der Waals surface area (Å²) in [4.78, 5) is 54.0. The summed E-state index contributed by atoms with van der Waals surface area (Å²) in [6.45, 7) is 25.2. The molecular weight excluding hydrogens is 887 g/mol. The first kappa shape index (κ1) is 45.8. The van der Waals surface area contributed by atoms with Crippen LogP contribution in [0.25, 0.3) is 76.3 Å². The average Bonchev–Trinajstić information content (AvgIpc) is 4.25. The highest BCUT2D eigenvalue weighted by molar-refractivity contribution is 6.05. The van der Waals surface area contributed by atoms with Crippen LogP contribution in [0.15, 0.2) is 49.3 Å². The summed E-state index contributed by atoms with van der Waals surface area (Å²) < 4.78 is 12.5. The first-order valence-corrected chi connectivity index (χ1v) is 23.8. The Morgan fingerprint density at radius 1 is 0.686 bits per heavy atom. The van der Waals surface area contributed by atoms with Crippen molar-refractivity contribution >= 4 is 45.5 Å². The van der Waals surface area contributed by atoms with Crippen molar-refractivity contribution in [2.45, 2.75) is 78.0 Å². The van der Waals surface area contributed by atoms with Crippen LogP contribution < -0.4 is 5.32 Å². The van der Waals surface area contributed by atoms with E-state index in [2.05, 4.69) is 52.4 Å². The third-order valence-corrected chi connectivity index (χ3v) is 13.7. The molecule has 11 rings (SSSR count). The number of methoxy groups -OCH3 is 1. The largest absolute Gasteiger partial charge is 0.381 e. The van der Waals surface area contributed by atoms with E-state index in [1.807, 2.05) is 54.8 Å². The van der Waals surface area contributed by atoms with E-state index < -0.39 is 0 Å². The van der Waals surface area contributed by atoms with Crippen molar-refractivity contribution in [1.82, 2.24) is 74.2 Å². The number of carbonyl (C=O) groups excluding carboxylic acids is 2. The lowest BCUT2D eigenvalue weighted by Gasteiger charge is -2.21. The van der Waals surface area contributed by atoms with Crippen molar-refractivity contribution in [1.29, 1.82) is 0 Å². The van der Waals surface area contributed by atoms with Crippen molar-refractivity contribution in [2.24, 2.45) is 0 Å². The number of aromatic nitrogens is 12. The monoisotopic (exact) mass is 941 g/mol. The molecule has 8 bridgehead atoms. The van der Waals surface area contributed by atoms with E-state index >= 15 is 0 Å². The van der Waals surface area contributed by atoms with Gasteiger partial charge in [0, 0.05) is 142 Å². The van der Waals surface area contributed by atoms with Gasteiger partial charge in [-0.3, -0.25) is 19.0 Å². The summed E-state index contributed by atoms with van der Waals surface area (Å²) in [6.07, 6.45) is 16.7. The number of ether oxygens (including phenoxy) is 1. The highest BCUT2D eigenvalue weighted by Gasteiger charge is 2.33. The van der Waals surface area contributed by atoms with Crippen LogP contribution in [-0.4, -0.2) is 135 Å². The molecule has 11 heterocycles. The molecule has 0 spiro atoms. The van der Waals surface area contributed by atoms with Crippen LogP contribution in [0.3, 0.4) is 0 Å². The number of nitrogens with one attached hydrogen (secondary N) is 3. The van der Waals surface area contributed by atoms with Gasteiger partial charge in [0.2, 0.25) is 0 Å². The first-order valence-electron chi connectivity index (χ1n) is 23.8. The van der Waals surface area contributed by atoms with Crippen molar-refractivity contribution in [3.05, 3.63) is 94.9 Å². The van der Waals surface area contributed by atoms with Crippen LogP contribution in [0, 0.1) is 27.0 Å². The second-order valence-corrected chi connectivity index (χ2v) is 18.3. The summed E-state index contributed by atoms with van der Waals surface area (Å²) in [7, 11) is 5.19. The van der Waals surface area contributed by atoms with Crippen LogP contribution in [0.4, 0.5) is 11.6 Å². The minimum atomic E-state index is -0.211. The van der Waals surface area contributed by atoms with E-state index in [1.54, 1.807) is 45.7 Å². The summed E-state index contributed by atoms with van der Waals surface area (Å²) in [5.74, 6) is 0.339. The van der Waals surface area contributed by atoms with E-state index in [0.717, 1.165) is 126 Å². The summed E-state index contributed by atoms with van der Waals surface area (Å²) >= 11 is 0. The maximum absolute atomic E-state index is 13.7. The maximum Gasteiger partial charge on any atom is 0.275 e. The Hall–Kier alpha value is -7.94. The number of nitrogens with zero attached hydrogens (tertiary/aromatic N) is 14. The molecule has 358 valence electrons. The van der Waals surface area contributed by atoms with E-state index in [0.29, 0.717) is 60.3 Å². The molecule has 2 amide bonds. The van der Waals surface area contributed by atoms with Crippen molar-refractivity contribution in [2.75, 3.05) is 54.0 Å². The Bertz CT molecular complexity index is 3360. The number of pyridine rings is 2. The fraction of sp³-hybridized carbons (Fsp3) is 0.400. The number of H-pyrrole nitrogens is 2. The lowest BCUT2D eigenvalue weighted by molar-refractivity contribution is 0.0778. The molecule has 0 aliphatic carbocycles. The van der Waals surface area contributed by atoms with Gasteiger partial charge in [-0.15, -0.1) is 0 Å². The van der Waals surface area contributed by atoms with E-state index in [4.69, 9.17) is 33.2 Å². The zero-order valence-electron chi connectivity index (χ0n) is 40.1. The molecule has 8 aromatic heterocycles. The molecule has 8 aromatic rings. The molecule has 3 aliphatic heterocycles. The van der Waals surface area contributed by atoms with Crippen LogP contribution >= 0.6 is 0 Å². The highest BCUT2D eigenvalue weighted by atomic mass is 16.5. The Morgan fingerprint density at radius 3 is 1.70 bits per heavy atom. The van der Waals surface area contributed by atoms with Crippen LogP contribution in [0.1, 0.15) is 76.9 Å². The maximum atomic E-state index is 13.7. The van der Waals surface area contributed by atoms with Crippen LogP contribution in [-0.2, 0) is 24.4 Å². The van der Waals surface area contributed by atoms with Gasteiger partial charge < -0.3 is 39.5 Å². The molecule has 20 heteroatoms. The second-order valence-electron chi connectivity index (χ2n) is 18.3. The lowest BCUT2D eigenvalue weighted by atomic mass is 10.0. The SMILES string of the molecule is [C-]#[N+]c1c2c(nn1C1CCNCC1)C(=O)N(C)CCCCn1cc(c(C)n1)-c1c[nH]c3ncc-2cc13.[C-]#[N+]c1c2c(nn1CCOC)C(=O)N(C)CCCCn1cc(c(C)n1)-c1c[nH]c3ncc-2cc13. The smallest absolute Gasteiger partial charge is 0.275 e. The predicted molar refractivity (Wildman–Crippen MR) is 264 cm³/mol. The third kappa shape index (κ3) is 8.39. The Morgan fingerprint density at radius 2 is 1.19 bits per heavy atom. The normalized spacial score (nSPS) is 15.7. The molecule has 3 N–H and O–H groups in total. The van der Waals surface area contributed by atoms with E-state index in [-0.39, 0.29) is 23.6 Å². The number of rotatable bonds is 4. The first-order chi connectivity index (χ1) is 34.1. The number of piperidine rings is 1. The molecule has 0 radical (unpaired) electrons. The number of hydrogen-bond acceptors (Lipinski definition) is 10. The van der Waals surface area contributed by atoms with E-state index in [9.17, 15) is 9.59 Å².